The average molecular weight is 663 g/mol. The normalized spacial score (nSPS) is 10.2. The molecule has 4 aromatic rings. The van der Waals surface area contributed by atoms with Crippen LogP contribution in [-0.4, -0.2) is 31.1 Å². The Kier molecular flexibility index (Phi) is 10.8. The summed E-state index contributed by atoms with van der Waals surface area (Å²) in [6.07, 6.45) is 2.76. The third kappa shape index (κ3) is 7.86. The summed E-state index contributed by atoms with van der Waals surface area (Å²) < 4.78 is 12.0. The quantitative estimate of drug-likeness (QED) is 0.1000. The molecule has 0 unspecified atom stereocenters. The molecule has 2 heterocycles. The van der Waals surface area contributed by atoms with E-state index in [1.54, 1.807) is 30.3 Å². The molecule has 0 bridgehead atoms. The number of ether oxygens (including phenoxy) is 2. The van der Waals surface area contributed by atoms with E-state index in [4.69, 9.17) is 16.3 Å². The summed E-state index contributed by atoms with van der Waals surface area (Å²) in [6, 6.07) is 21.5. The molecule has 0 aliphatic heterocycles. The number of methoxy groups -OCH3 is 2. The monoisotopic (exact) mass is 660 g/mol. The van der Waals surface area contributed by atoms with Gasteiger partial charge < -0.3 is 14.7 Å². The molecule has 0 N–H and O–H groups in total. The molecule has 0 fully saturated rings. The van der Waals surface area contributed by atoms with E-state index in [1.165, 1.54) is 32.0 Å². The van der Waals surface area contributed by atoms with Crippen LogP contribution in [0.2, 0.25) is 5.15 Å². The number of aromatic nitrogens is 2. The smallest absolute Gasteiger partial charge is 0.344 e. The lowest BCUT2D eigenvalue weighted by Crippen LogP contribution is -2.31. The maximum Gasteiger partial charge on any atom is 0.344 e. The first-order valence-corrected chi connectivity index (χ1v) is 13.2. The number of benzene rings is 2. The maximum absolute atomic E-state index is 11.8. The minimum Gasteiger partial charge on any atom is -0.618 e. The molecular formula is C28H23Br2ClN2O5. The van der Waals surface area contributed by atoms with Crippen molar-refractivity contribution < 1.29 is 23.8 Å². The average Bonchev–Trinajstić information content (AvgIpc) is 2.93. The summed E-state index contributed by atoms with van der Waals surface area (Å²) in [7, 11) is 2.64. The Morgan fingerprint density at radius 1 is 0.842 bits per heavy atom. The Balaban J connectivity index is 0.000000212. The van der Waals surface area contributed by atoms with Crippen molar-refractivity contribution in [1.29, 1.82) is 0 Å². The number of hydrogen-bond acceptors (Lipinski definition) is 6. The number of hydrogen-bond donors (Lipinski definition) is 0. The van der Waals surface area contributed by atoms with Gasteiger partial charge >= 0.3 is 11.9 Å². The van der Waals surface area contributed by atoms with Crippen LogP contribution >= 0.6 is 43.5 Å². The van der Waals surface area contributed by atoms with Crippen molar-refractivity contribution in [3.05, 3.63) is 121 Å². The summed E-state index contributed by atoms with van der Waals surface area (Å²) in [5.74, 6) is -0.918. The van der Waals surface area contributed by atoms with Gasteiger partial charge in [-0.05, 0) is 73.0 Å². The van der Waals surface area contributed by atoms with Crippen LogP contribution in [0, 0.1) is 5.21 Å². The van der Waals surface area contributed by atoms with Crippen LogP contribution in [0.1, 0.15) is 32.0 Å². The van der Waals surface area contributed by atoms with Gasteiger partial charge in [-0.15, -0.1) is 0 Å². The Morgan fingerprint density at radius 3 is 2.03 bits per heavy atom. The molecule has 0 atom stereocenters. The summed E-state index contributed by atoms with van der Waals surface area (Å²) in [5.41, 5.74) is 3.50. The summed E-state index contributed by atoms with van der Waals surface area (Å²) in [4.78, 5) is 27.6. The van der Waals surface area contributed by atoms with Crippen LogP contribution in [0.15, 0.2) is 87.9 Å². The molecule has 4 rings (SSSR count). The number of esters is 2. The van der Waals surface area contributed by atoms with Crippen molar-refractivity contribution in [2.75, 3.05) is 14.2 Å². The molecule has 2 aromatic heterocycles. The van der Waals surface area contributed by atoms with Crippen molar-refractivity contribution in [2.45, 2.75) is 12.8 Å². The maximum atomic E-state index is 11.8. The highest BCUT2D eigenvalue weighted by Crippen LogP contribution is 2.22. The second-order valence-corrected chi connectivity index (χ2v) is 10.1. The molecule has 0 amide bonds. The second kappa shape index (κ2) is 14.0. The predicted octanol–water partition coefficient (Wildman–Crippen LogP) is 6.61. The first-order chi connectivity index (χ1) is 18.2. The standard InChI is InChI=1S/C15H13BrClNO2.C13H10BrNO3/c1-20-15(19)12-7-9-14(17)18-13(12)8-4-10-2-5-11(16)6-3-10;1-18-13(16)11-3-2-8-15(17)12(11)9-4-6-10(14)7-5-9/h2-3,5-7,9H,4,8H2,1H3;2-8H,1H3. The molecule has 7 nitrogen and oxygen atoms in total. The third-order valence-corrected chi connectivity index (χ3v) is 6.66. The van der Waals surface area contributed by atoms with E-state index in [0.717, 1.165) is 15.4 Å². The van der Waals surface area contributed by atoms with Crippen LogP contribution < -0.4 is 4.73 Å². The van der Waals surface area contributed by atoms with Crippen molar-refractivity contribution in [3.8, 4) is 11.3 Å². The van der Waals surface area contributed by atoms with Gasteiger partial charge in [-0.1, -0.05) is 55.6 Å². The molecule has 10 heteroatoms. The molecule has 38 heavy (non-hydrogen) atoms. The molecule has 0 aliphatic carbocycles. The zero-order valence-electron chi connectivity index (χ0n) is 20.5. The van der Waals surface area contributed by atoms with Gasteiger partial charge in [0.15, 0.2) is 6.20 Å². The SMILES string of the molecule is COC(=O)c1ccc(Cl)nc1CCc1ccc(Br)cc1.COC(=O)c1ccc[n+]([O-])c1-c1ccc(Br)cc1. The van der Waals surface area contributed by atoms with E-state index in [-0.39, 0.29) is 17.2 Å². The van der Waals surface area contributed by atoms with E-state index in [9.17, 15) is 14.8 Å². The van der Waals surface area contributed by atoms with Crippen LogP contribution in [0.3, 0.4) is 0 Å². The van der Waals surface area contributed by atoms with E-state index in [2.05, 4.69) is 41.6 Å². The zero-order chi connectivity index (χ0) is 27.7. The minimum atomic E-state index is -0.530. The van der Waals surface area contributed by atoms with Crippen LogP contribution in [0.5, 0.6) is 0 Å². The van der Waals surface area contributed by atoms with Gasteiger partial charge in [-0.3, -0.25) is 0 Å². The first kappa shape index (κ1) is 29.3. The number of carbonyl (C=O) groups excluding carboxylic acids is 2. The van der Waals surface area contributed by atoms with Crippen LogP contribution in [0.25, 0.3) is 11.3 Å². The molecule has 0 aliphatic rings. The number of aryl methyl sites for hydroxylation is 2. The number of nitrogens with zero attached hydrogens (tertiary/aromatic N) is 2. The second-order valence-electron chi connectivity index (χ2n) is 7.84. The van der Waals surface area contributed by atoms with E-state index < -0.39 is 5.97 Å². The Bertz CT molecular complexity index is 1410. The Hall–Kier alpha value is -3.27. The minimum absolute atomic E-state index is 0.248. The van der Waals surface area contributed by atoms with Gasteiger partial charge in [0, 0.05) is 20.6 Å². The van der Waals surface area contributed by atoms with Crippen molar-refractivity contribution in [1.82, 2.24) is 4.98 Å². The molecule has 0 radical (unpaired) electrons. The zero-order valence-corrected chi connectivity index (χ0v) is 24.4. The molecule has 0 spiro atoms. The fourth-order valence-corrected chi connectivity index (χ4v) is 4.22. The highest BCUT2D eigenvalue weighted by Gasteiger charge is 2.21. The summed E-state index contributed by atoms with van der Waals surface area (Å²) in [5, 5.41) is 12.2. The van der Waals surface area contributed by atoms with Gasteiger partial charge in [-0.2, -0.15) is 4.73 Å². The van der Waals surface area contributed by atoms with Gasteiger partial charge in [0.25, 0.3) is 0 Å². The topological polar surface area (TPSA) is 92.4 Å². The number of halogens is 3. The highest BCUT2D eigenvalue weighted by atomic mass is 79.9. The van der Waals surface area contributed by atoms with Crippen LogP contribution in [0.4, 0.5) is 0 Å². The highest BCUT2D eigenvalue weighted by molar-refractivity contribution is 9.10. The lowest BCUT2D eigenvalue weighted by molar-refractivity contribution is -0.593. The summed E-state index contributed by atoms with van der Waals surface area (Å²) >= 11 is 12.6. The van der Waals surface area contributed by atoms with Gasteiger partial charge in [0.05, 0.1) is 25.5 Å². The van der Waals surface area contributed by atoms with Crippen molar-refractivity contribution in [3.63, 3.8) is 0 Å². The van der Waals surface area contributed by atoms with Crippen molar-refractivity contribution in [2.24, 2.45) is 0 Å². The third-order valence-electron chi connectivity index (χ3n) is 5.39. The van der Waals surface area contributed by atoms with Gasteiger partial charge in [-0.25, -0.2) is 14.6 Å². The molecule has 0 saturated carbocycles. The largest absolute Gasteiger partial charge is 0.618 e. The van der Waals surface area contributed by atoms with E-state index >= 15 is 0 Å². The Labute approximate surface area is 242 Å². The van der Waals surface area contributed by atoms with E-state index in [0.29, 0.717) is 33.1 Å². The molecule has 2 aromatic carbocycles. The molecule has 0 saturated heterocycles. The number of carbonyl (C=O) groups is 2. The predicted molar refractivity (Wildman–Crippen MR) is 152 cm³/mol. The lowest BCUT2D eigenvalue weighted by Gasteiger charge is -2.08. The lowest BCUT2D eigenvalue weighted by atomic mass is 10.0. The fourth-order valence-electron chi connectivity index (χ4n) is 3.53. The summed E-state index contributed by atoms with van der Waals surface area (Å²) in [6.45, 7) is 0. The van der Waals surface area contributed by atoms with Gasteiger partial charge in [0.2, 0.25) is 5.69 Å². The molecule has 196 valence electrons. The van der Waals surface area contributed by atoms with E-state index in [1.807, 2.05) is 36.4 Å². The van der Waals surface area contributed by atoms with Crippen molar-refractivity contribution >= 4 is 55.4 Å². The number of pyridine rings is 2. The Morgan fingerprint density at radius 2 is 1.42 bits per heavy atom. The number of rotatable bonds is 6. The molecular weight excluding hydrogens is 640 g/mol. The fraction of sp³-hybridized carbons (Fsp3) is 0.143. The van der Waals surface area contributed by atoms with Crippen LogP contribution in [-0.2, 0) is 22.3 Å². The first-order valence-electron chi connectivity index (χ1n) is 11.3. The van der Waals surface area contributed by atoms with Gasteiger partial charge in [0.1, 0.15) is 10.7 Å².